The Bertz CT molecular complexity index is 895. The summed E-state index contributed by atoms with van der Waals surface area (Å²) in [7, 11) is -3.58. The van der Waals surface area contributed by atoms with E-state index < -0.39 is 10.0 Å². The predicted molar refractivity (Wildman–Crippen MR) is 110 cm³/mol. The van der Waals surface area contributed by atoms with Gasteiger partial charge in [0.1, 0.15) is 0 Å². The molecule has 1 amide bonds. The zero-order chi connectivity index (χ0) is 20.1. The maximum Gasteiger partial charge on any atom is 0.243 e. The minimum Gasteiger partial charge on any atom is -0.349 e. The zero-order valence-electron chi connectivity index (χ0n) is 16.5. The second-order valence-electron chi connectivity index (χ2n) is 7.40. The number of rotatable bonds is 6. The van der Waals surface area contributed by atoms with Gasteiger partial charge in [0.05, 0.1) is 16.9 Å². The summed E-state index contributed by atoms with van der Waals surface area (Å²) in [6.07, 6.45) is 2.18. The molecule has 28 heavy (non-hydrogen) atoms. The zero-order valence-corrected chi connectivity index (χ0v) is 17.3. The lowest BCUT2D eigenvalue weighted by atomic mass is 9.97. The average Bonchev–Trinajstić information content (AvgIpc) is 2.73. The van der Waals surface area contributed by atoms with Gasteiger partial charge >= 0.3 is 0 Å². The van der Waals surface area contributed by atoms with Crippen molar-refractivity contribution >= 4 is 15.9 Å². The van der Waals surface area contributed by atoms with Gasteiger partial charge in [-0.15, -0.1) is 0 Å². The molecule has 0 unspecified atom stereocenters. The topological polar surface area (TPSA) is 66.5 Å². The van der Waals surface area contributed by atoms with Crippen LogP contribution in [0.25, 0.3) is 0 Å². The smallest absolute Gasteiger partial charge is 0.243 e. The van der Waals surface area contributed by atoms with Gasteiger partial charge in [-0.3, -0.25) is 4.79 Å². The van der Waals surface area contributed by atoms with Crippen LogP contribution in [-0.2, 0) is 14.8 Å². The molecule has 1 N–H and O–H groups in total. The number of nitrogens with one attached hydrogen (secondary N) is 1. The molecule has 5 nitrogen and oxygen atoms in total. The SMILES string of the molecule is CC[C@H](NC(=O)[C@@H]1CCCN(S(=O)(=O)c2ccc(C)cc2)C1)c1ccccc1. The van der Waals surface area contributed by atoms with E-state index in [0.717, 1.165) is 17.5 Å². The number of aryl methyl sites for hydroxylation is 1. The van der Waals surface area contributed by atoms with Crippen molar-refractivity contribution in [2.45, 2.75) is 44.0 Å². The van der Waals surface area contributed by atoms with Crippen LogP contribution in [0.3, 0.4) is 0 Å². The normalized spacial score (nSPS) is 19.1. The Hall–Kier alpha value is -2.18. The lowest BCUT2D eigenvalue weighted by Gasteiger charge is -2.32. The molecule has 0 radical (unpaired) electrons. The Morgan fingerprint density at radius 3 is 2.46 bits per heavy atom. The van der Waals surface area contributed by atoms with Gasteiger partial charge in [0, 0.05) is 13.1 Å². The number of carbonyl (C=O) groups is 1. The van der Waals surface area contributed by atoms with Gasteiger partial charge in [-0.05, 0) is 43.9 Å². The fourth-order valence-electron chi connectivity index (χ4n) is 3.63. The molecule has 1 heterocycles. The molecule has 3 rings (SSSR count). The van der Waals surface area contributed by atoms with Gasteiger partial charge in [-0.2, -0.15) is 4.31 Å². The minimum atomic E-state index is -3.58. The Morgan fingerprint density at radius 1 is 1.14 bits per heavy atom. The highest BCUT2D eigenvalue weighted by molar-refractivity contribution is 7.89. The van der Waals surface area contributed by atoms with Gasteiger partial charge in [-0.1, -0.05) is 55.0 Å². The number of hydrogen-bond acceptors (Lipinski definition) is 3. The second-order valence-corrected chi connectivity index (χ2v) is 9.33. The molecule has 0 spiro atoms. The highest BCUT2D eigenvalue weighted by Crippen LogP contribution is 2.25. The molecule has 0 aromatic heterocycles. The number of piperidine rings is 1. The third-order valence-electron chi connectivity index (χ3n) is 5.34. The summed E-state index contributed by atoms with van der Waals surface area (Å²) in [5.41, 5.74) is 2.08. The molecule has 1 aliphatic rings. The first-order chi connectivity index (χ1) is 13.4. The maximum atomic E-state index is 13.0. The fraction of sp³-hybridized carbons (Fsp3) is 0.409. The Labute approximate surface area is 167 Å². The van der Waals surface area contributed by atoms with E-state index in [4.69, 9.17) is 0 Å². The van der Waals surface area contributed by atoms with Crippen LogP contribution in [0.2, 0.25) is 0 Å². The van der Waals surface area contributed by atoms with Crippen LogP contribution in [-0.4, -0.2) is 31.7 Å². The first-order valence-electron chi connectivity index (χ1n) is 9.84. The molecular weight excluding hydrogens is 372 g/mol. The molecule has 0 saturated carbocycles. The van der Waals surface area contributed by atoms with Crippen molar-refractivity contribution in [3.05, 3.63) is 65.7 Å². The van der Waals surface area contributed by atoms with E-state index in [1.807, 2.05) is 44.2 Å². The van der Waals surface area contributed by atoms with Crippen LogP contribution < -0.4 is 5.32 Å². The second kappa shape index (κ2) is 8.88. The highest BCUT2D eigenvalue weighted by Gasteiger charge is 2.33. The molecule has 1 saturated heterocycles. The largest absolute Gasteiger partial charge is 0.349 e. The number of nitrogens with zero attached hydrogens (tertiary/aromatic N) is 1. The summed E-state index contributed by atoms with van der Waals surface area (Å²) >= 11 is 0. The van der Waals surface area contributed by atoms with Crippen molar-refractivity contribution in [3.63, 3.8) is 0 Å². The van der Waals surface area contributed by atoms with Gasteiger partial charge < -0.3 is 5.32 Å². The summed E-state index contributed by atoms with van der Waals surface area (Å²) in [6.45, 7) is 4.64. The quantitative estimate of drug-likeness (QED) is 0.805. The highest BCUT2D eigenvalue weighted by atomic mass is 32.2. The first-order valence-corrected chi connectivity index (χ1v) is 11.3. The number of sulfonamides is 1. The van der Waals surface area contributed by atoms with E-state index in [1.165, 1.54) is 4.31 Å². The van der Waals surface area contributed by atoms with Crippen LogP contribution in [0.15, 0.2) is 59.5 Å². The van der Waals surface area contributed by atoms with Crippen molar-refractivity contribution < 1.29 is 13.2 Å². The fourth-order valence-corrected chi connectivity index (χ4v) is 5.15. The van der Waals surface area contributed by atoms with E-state index in [-0.39, 0.29) is 29.3 Å². The molecule has 150 valence electrons. The summed E-state index contributed by atoms with van der Waals surface area (Å²) in [6, 6.07) is 16.7. The van der Waals surface area contributed by atoms with Gasteiger partial charge in [-0.25, -0.2) is 8.42 Å². The lowest BCUT2D eigenvalue weighted by molar-refractivity contribution is -0.126. The van der Waals surface area contributed by atoms with Crippen molar-refractivity contribution in [1.82, 2.24) is 9.62 Å². The van der Waals surface area contributed by atoms with E-state index >= 15 is 0 Å². The molecule has 0 aliphatic carbocycles. The average molecular weight is 401 g/mol. The molecule has 2 atom stereocenters. The van der Waals surface area contributed by atoms with Crippen LogP contribution >= 0.6 is 0 Å². The van der Waals surface area contributed by atoms with Crippen molar-refractivity contribution in [1.29, 1.82) is 0 Å². The number of benzene rings is 2. The van der Waals surface area contributed by atoms with Crippen LogP contribution in [0.1, 0.15) is 43.4 Å². The third kappa shape index (κ3) is 4.62. The van der Waals surface area contributed by atoms with E-state index in [9.17, 15) is 13.2 Å². The van der Waals surface area contributed by atoms with E-state index in [1.54, 1.807) is 24.3 Å². The van der Waals surface area contributed by atoms with Crippen LogP contribution in [0.4, 0.5) is 0 Å². The lowest BCUT2D eigenvalue weighted by Crippen LogP contribution is -2.46. The molecule has 6 heteroatoms. The predicted octanol–water partition coefficient (Wildman–Crippen LogP) is 3.66. The van der Waals surface area contributed by atoms with E-state index in [2.05, 4.69) is 5.32 Å². The number of hydrogen-bond donors (Lipinski definition) is 1. The standard InChI is InChI=1S/C22H28N2O3S/c1-3-21(18-8-5-4-6-9-18)23-22(25)19-10-7-15-24(16-19)28(26,27)20-13-11-17(2)12-14-20/h4-6,8-9,11-14,19,21H,3,7,10,15-16H2,1-2H3,(H,23,25)/t19-,21+/m1/s1. The number of carbonyl (C=O) groups excluding carboxylic acids is 1. The van der Waals surface area contributed by atoms with Gasteiger partial charge in [0.25, 0.3) is 0 Å². The molecule has 1 aliphatic heterocycles. The minimum absolute atomic E-state index is 0.0576. The summed E-state index contributed by atoms with van der Waals surface area (Å²) in [4.78, 5) is 13.1. The van der Waals surface area contributed by atoms with Crippen molar-refractivity contribution in [3.8, 4) is 0 Å². The van der Waals surface area contributed by atoms with Crippen molar-refractivity contribution in [2.75, 3.05) is 13.1 Å². The monoisotopic (exact) mass is 400 g/mol. The number of amides is 1. The van der Waals surface area contributed by atoms with Crippen molar-refractivity contribution in [2.24, 2.45) is 5.92 Å². The maximum absolute atomic E-state index is 13.0. The Morgan fingerprint density at radius 2 is 1.82 bits per heavy atom. The van der Waals surface area contributed by atoms with Gasteiger partial charge in [0.2, 0.25) is 15.9 Å². The molecule has 1 fully saturated rings. The molecule has 0 bridgehead atoms. The summed E-state index contributed by atoms with van der Waals surface area (Å²) in [5.74, 6) is -0.397. The third-order valence-corrected chi connectivity index (χ3v) is 7.22. The first kappa shape index (κ1) is 20.6. The summed E-state index contributed by atoms with van der Waals surface area (Å²) in [5, 5.41) is 3.11. The summed E-state index contributed by atoms with van der Waals surface area (Å²) < 4.78 is 27.4. The molecule has 2 aromatic rings. The van der Waals surface area contributed by atoms with Crippen LogP contribution in [0.5, 0.6) is 0 Å². The Balaban J connectivity index is 1.70. The van der Waals surface area contributed by atoms with Gasteiger partial charge in [0.15, 0.2) is 0 Å². The Kier molecular flexibility index (Phi) is 6.52. The van der Waals surface area contributed by atoms with E-state index in [0.29, 0.717) is 19.4 Å². The molecule has 2 aromatic carbocycles. The van der Waals surface area contributed by atoms with Crippen LogP contribution in [0, 0.1) is 12.8 Å². The molecular formula is C22H28N2O3S.